The summed E-state index contributed by atoms with van der Waals surface area (Å²) in [5.74, 6) is -0.266. The van der Waals surface area contributed by atoms with Gasteiger partial charge in [-0.25, -0.2) is 4.39 Å². The van der Waals surface area contributed by atoms with Gasteiger partial charge in [-0.05, 0) is 30.2 Å². The molecule has 1 rings (SSSR count). The highest BCUT2D eigenvalue weighted by molar-refractivity contribution is 5.51. The molecule has 0 fully saturated rings. The zero-order chi connectivity index (χ0) is 10.4. The molecule has 0 saturated heterocycles. The van der Waals surface area contributed by atoms with Gasteiger partial charge in [-0.15, -0.1) is 0 Å². The van der Waals surface area contributed by atoms with Crippen LogP contribution in [-0.4, -0.2) is 0 Å². The third-order valence-corrected chi connectivity index (χ3v) is 1.59. The van der Waals surface area contributed by atoms with Crippen molar-refractivity contribution in [3.63, 3.8) is 0 Å². The summed E-state index contributed by atoms with van der Waals surface area (Å²) in [4.78, 5) is 2.64. The molecule has 0 unspecified atom stereocenters. The van der Waals surface area contributed by atoms with Gasteiger partial charge < -0.3 is 0 Å². The van der Waals surface area contributed by atoms with Crippen LogP contribution in [-0.2, 0) is 0 Å². The Balaban J connectivity index is 2.68. The fraction of sp³-hybridized carbons (Fsp3) is 0.100. The van der Waals surface area contributed by atoms with Crippen molar-refractivity contribution in [2.75, 3.05) is 0 Å². The molecule has 0 N–H and O–H groups in total. The zero-order valence-electron chi connectivity index (χ0n) is 7.68. The van der Waals surface area contributed by atoms with E-state index >= 15 is 0 Å². The van der Waals surface area contributed by atoms with Crippen molar-refractivity contribution in [1.82, 2.24) is 0 Å². The van der Waals surface area contributed by atoms with E-state index in [2.05, 4.69) is 10.0 Å². The smallest absolute Gasteiger partial charge is 0.123 e. The van der Waals surface area contributed by atoms with E-state index in [4.69, 9.17) is 5.53 Å². The first kappa shape index (κ1) is 10.3. The first-order valence-corrected chi connectivity index (χ1v) is 4.04. The summed E-state index contributed by atoms with van der Waals surface area (Å²) >= 11 is 0. The molecule has 1 aromatic rings. The Bertz CT molecular complexity index is 363. The van der Waals surface area contributed by atoms with Crippen LogP contribution in [0.25, 0.3) is 16.5 Å². The SMILES string of the molecule is C[C](/C=C/c1ccc(F)cc1)N=[N+]=[N-]. The highest BCUT2D eigenvalue weighted by Crippen LogP contribution is 2.09. The summed E-state index contributed by atoms with van der Waals surface area (Å²) in [7, 11) is 0. The number of hydrogen-bond donors (Lipinski definition) is 0. The second kappa shape index (κ2) is 5.04. The maximum absolute atomic E-state index is 12.5. The monoisotopic (exact) mass is 190 g/mol. The molecule has 3 nitrogen and oxygen atoms in total. The molecule has 0 aromatic heterocycles. The van der Waals surface area contributed by atoms with Crippen LogP contribution in [0.15, 0.2) is 35.5 Å². The standard InChI is InChI=1S/C10H9FN3/c1-8(13-14-12)2-3-9-4-6-10(11)7-5-9/h2-7H,1H3/b3-2+. The lowest BCUT2D eigenvalue weighted by Crippen LogP contribution is -1.78. The Morgan fingerprint density at radius 3 is 2.64 bits per heavy atom. The van der Waals surface area contributed by atoms with Crippen molar-refractivity contribution in [2.45, 2.75) is 6.92 Å². The minimum atomic E-state index is -0.266. The van der Waals surface area contributed by atoms with E-state index in [1.165, 1.54) is 12.1 Å². The first-order valence-electron chi connectivity index (χ1n) is 4.04. The second-order valence-corrected chi connectivity index (χ2v) is 2.72. The van der Waals surface area contributed by atoms with E-state index in [0.29, 0.717) is 6.04 Å². The van der Waals surface area contributed by atoms with Gasteiger partial charge in [0.15, 0.2) is 0 Å². The third kappa shape index (κ3) is 3.29. The van der Waals surface area contributed by atoms with Crippen LogP contribution in [0.1, 0.15) is 12.5 Å². The Morgan fingerprint density at radius 2 is 2.07 bits per heavy atom. The quantitative estimate of drug-likeness (QED) is 0.396. The lowest BCUT2D eigenvalue weighted by atomic mass is 10.2. The van der Waals surface area contributed by atoms with Crippen LogP contribution in [0.5, 0.6) is 0 Å². The van der Waals surface area contributed by atoms with Gasteiger partial charge in [0.25, 0.3) is 0 Å². The Kier molecular flexibility index (Phi) is 3.70. The lowest BCUT2D eigenvalue weighted by Gasteiger charge is -1.94. The molecular weight excluding hydrogens is 181 g/mol. The average Bonchev–Trinajstić information content (AvgIpc) is 2.17. The van der Waals surface area contributed by atoms with E-state index < -0.39 is 0 Å². The van der Waals surface area contributed by atoms with Gasteiger partial charge in [0.1, 0.15) is 5.82 Å². The lowest BCUT2D eigenvalue weighted by molar-refractivity contribution is 0.628. The van der Waals surface area contributed by atoms with Gasteiger partial charge in [-0.1, -0.05) is 29.4 Å². The minimum Gasteiger partial charge on any atom is -0.207 e. The van der Waals surface area contributed by atoms with Crippen LogP contribution < -0.4 is 0 Å². The molecule has 0 aliphatic rings. The molecule has 1 aromatic carbocycles. The molecule has 0 bridgehead atoms. The van der Waals surface area contributed by atoms with Crippen molar-refractivity contribution in [3.05, 3.63) is 58.2 Å². The Morgan fingerprint density at radius 1 is 1.43 bits per heavy atom. The summed E-state index contributed by atoms with van der Waals surface area (Å²) in [6, 6.07) is 6.62. The van der Waals surface area contributed by atoms with E-state index in [1.54, 1.807) is 31.2 Å². The number of azide groups is 1. The molecule has 0 amide bonds. The molecule has 4 heteroatoms. The van der Waals surface area contributed by atoms with E-state index in [-0.39, 0.29) is 5.82 Å². The third-order valence-electron chi connectivity index (χ3n) is 1.59. The number of halogens is 1. The molecule has 0 aliphatic carbocycles. The van der Waals surface area contributed by atoms with Crippen LogP contribution in [0.4, 0.5) is 4.39 Å². The molecular formula is C10H9FN3. The maximum atomic E-state index is 12.5. The molecule has 71 valence electrons. The minimum absolute atomic E-state index is 0.266. The predicted molar refractivity (Wildman–Crippen MR) is 53.5 cm³/mol. The Hall–Kier alpha value is -1.80. The van der Waals surface area contributed by atoms with Crippen LogP contribution in [0.2, 0.25) is 0 Å². The first-order chi connectivity index (χ1) is 6.72. The molecule has 1 radical (unpaired) electrons. The van der Waals surface area contributed by atoms with Crippen LogP contribution in [0.3, 0.4) is 0 Å². The maximum Gasteiger partial charge on any atom is 0.123 e. The van der Waals surface area contributed by atoms with Crippen molar-refractivity contribution >= 4 is 6.08 Å². The van der Waals surface area contributed by atoms with Crippen molar-refractivity contribution < 1.29 is 4.39 Å². The van der Waals surface area contributed by atoms with Gasteiger partial charge in [0.2, 0.25) is 0 Å². The summed E-state index contributed by atoms with van der Waals surface area (Å²) in [6.07, 6.45) is 3.43. The summed E-state index contributed by atoms with van der Waals surface area (Å²) in [5, 5.41) is 3.39. The van der Waals surface area contributed by atoms with Crippen LogP contribution in [0, 0.1) is 11.9 Å². The second-order valence-electron chi connectivity index (χ2n) is 2.72. The molecule has 14 heavy (non-hydrogen) atoms. The topological polar surface area (TPSA) is 48.8 Å². The van der Waals surface area contributed by atoms with Crippen molar-refractivity contribution in [2.24, 2.45) is 5.11 Å². The zero-order valence-corrected chi connectivity index (χ0v) is 7.68. The molecule has 0 atom stereocenters. The Labute approximate surface area is 81.5 Å². The average molecular weight is 190 g/mol. The number of nitrogens with zero attached hydrogens (tertiary/aromatic N) is 3. The number of rotatable bonds is 3. The largest absolute Gasteiger partial charge is 0.207 e. The number of hydrogen-bond acceptors (Lipinski definition) is 1. The van der Waals surface area contributed by atoms with Gasteiger partial charge in [-0.3, -0.25) is 0 Å². The fourth-order valence-electron chi connectivity index (χ4n) is 0.895. The fourth-order valence-corrected chi connectivity index (χ4v) is 0.895. The van der Waals surface area contributed by atoms with Crippen molar-refractivity contribution in [1.29, 1.82) is 0 Å². The molecule has 0 heterocycles. The summed E-state index contributed by atoms with van der Waals surface area (Å²) < 4.78 is 12.5. The summed E-state index contributed by atoms with van der Waals surface area (Å²) in [6.45, 7) is 1.69. The van der Waals surface area contributed by atoms with E-state index in [9.17, 15) is 4.39 Å². The van der Waals surface area contributed by atoms with Gasteiger partial charge in [0, 0.05) is 4.91 Å². The van der Waals surface area contributed by atoms with E-state index in [1.807, 2.05) is 0 Å². The molecule has 0 saturated carbocycles. The highest BCUT2D eigenvalue weighted by atomic mass is 19.1. The van der Waals surface area contributed by atoms with E-state index in [0.717, 1.165) is 5.56 Å². The summed E-state index contributed by atoms with van der Waals surface area (Å²) in [5.41, 5.74) is 8.98. The molecule has 0 aliphatic heterocycles. The van der Waals surface area contributed by atoms with Gasteiger partial charge in [-0.2, -0.15) is 0 Å². The normalized spacial score (nSPS) is 10.5. The molecule has 0 spiro atoms. The predicted octanol–water partition coefficient (Wildman–Crippen LogP) is 3.70. The van der Waals surface area contributed by atoms with Gasteiger partial charge in [0.05, 0.1) is 6.04 Å². The number of benzene rings is 1. The highest BCUT2D eigenvalue weighted by Gasteiger charge is 1.92. The van der Waals surface area contributed by atoms with Crippen LogP contribution >= 0.6 is 0 Å². The van der Waals surface area contributed by atoms with Crippen molar-refractivity contribution in [3.8, 4) is 0 Å². The van der Waals surface area contributed by atoms with Gasteiger partial charge >= 0.3 is 0 Å².